The summed E-state index contributed by atoms with van der Waals surface area (Å²) in [7, 11) is 0. The van der Waals surface area contributed by atoms with Crippen LogP contribution in [0.4, 0.5) is 0 Å². The van der Waals surface area contributed by atoms with Gasteiger partial charge in [-0.2, -0.15) is 0 Å². The summed E-state index contributed by atoms with van der Waals surface area (Å²) in [6.45, 7) is 4.33. The van der Waals surface area contributed by atoms with Crippen LogP contribution in [0.25, 0.3) is 0 Å². The number of carboxylic acids is 2. The number of aliphatic carboxylic acids is 2. The molecule has 3 amide bonds. The van der Waals surface area contributed by atoms with Crippen LogP contribution in [0.15, 0.2) is 0 Å². The topological polar surface area (TPSA) is 188 Å². The van der Waals surface area contributed by atoms with Gasteiger partial charge in [0.15, 0.2) is 0 Å². The molecule has 0 aliphatic carbocycles. The second kappa shape index (κ2) is 11.8. The number of rotatable bonds is 12. The fourth-order valence-corrected chi connectivity index (χ4v) is 2.04. The number of carboxylic acid groups (broad SMARTS) is 2. The SMILES string of the molecule is CCC(C)C(NC(=O)CNC(=O)C(CCC(=O)O)NC(=O)C(C)N)C(=O)O. The molecule has 7 N–H and O–H groups in total. The molecule has 4 unspecified atom stereocenters. The Morgan fingerprint density at radius 3 is 2.04 bits per heavy atom. The zero-order chi connectivity index (χ0) is 21.1. The van der Waals surface area contributed by atoms with Crippen LogP contribution in [0.3, 0.4) is 0 Å². The molecule has 11 heteroatoms. The van der Waals surface area contributed by atoms with Crippen LogP contribution in [0.5, 0.6) is 0 Å². The van der Waals surface area contributed by atoms with Crippen LogP contribution in [-0.2, 0) is 24.0 Å². The minimum Gasteiger partial charge on any atom is -0.481 e. The number of hydrogen-bond acceptors (Lipinski definition) is 6. The van der Waals surface area contributed by atoms with Crippen LogP contribution in [0.1, 0.15) is 40.0 Å². The highest BCUT2D eigenvalue weighted by Crippen LogP contribution is 2.07. The number of carbonyl (C=O) groups excluding carboxylic acids is 3. The van der Waals surface area contributed by atoms with Crippen LogP contribution < -0.4 is 21.7 Å². The Labute approximate surface area is 157 Å². The fourth-order valence-electron chi connectivity index (χ4n) is 2.04. The quantitative estimate of drug-likeness (QED) is 0.231. The van der Waals surface area contributed by atoms with E-state index in [0.717, 1.165) is 0 Å². The largest absolute Gasteiger partial charge is 0.481 e. The van der Waals surface area contributed by atoms with Crippen LogP contribution in [0.2, 0.25) is 0 Å². The van der Waals surface area contributed by atoms with Gasteiger partial charge in [-0.3, -0.25) is 19.2 Å². The van der Waals surface area contributed by atoms with Gasteiger partial charge in [-0.15, -0.1) is 0 Å². The Balaban J connectivity index is 4.81. The van der Waals surface area contributed by atoms with Gasteiger partial charge in [-0.1, -0.05) is 20.3 Å². The first-order valence-electron chi connectivity index (χ1n) is 8.57. The van der Waals surface area contributed by atoms with Crippen LogP contribution in [0, 0.1) is 5.92 Å². The Bertz CT molecular complexity index is 565. The molecule has 0 rings (SSSR count). The third-order valence-corrected chi connectivity index (χ3v) is 3.91. The molecule has 0 spiro atoms. The summed E-state index contributed by atoms with van der Waals surface area (Å²) in [4.78, 5) is 57.6. The van der Waals surface area contributed by atoms with Gasteiger partial charge in [0.25, 0.3) is 0 Å². The molecule has 0 aromatic rings. The van der Waals surface area contributed by atoms with Crippen molar-refractivity contribution in [3.05, 3.63) is 0 Å². The summed E-state index contributed by atoms with van der Waals surface area (Å²) in [6, 6.07) is -3.18. The zero-order valence-electron chi connectivity index (χ0n) is 15.7. The van der Waals surface area contributed by atoms with Crippen molar-refractivity contribution in [1.29, 1.82) is 0 Å². The molecule has 0 aliphatic rings. The van der Waals surface area contributed by atoms with Crippen molar-refractivity contribution in [2.45, 2.75) is 58.2 Å². The molecule has 154 valence electrons. The minimum absolute atomic E-state index is 0.189. The van der Waals surface area contributed by atoms with E-state index < -0.39 is 54.3 Å². The van der Waals surface area contributed by atoms with Crippen molar-refractivity contribution in [3.8, 4) is 0 Å². The van der Waals surface area contributed by atoms with E-state index in [4.69, 9.17) is 15.9 Å². The molecular formula is C16H28N4O7. The minimum atomic E-state index is -1.19. The van der Waals surface area contributed by atoms with E-state index in [1.807, 2.05) is 0 Å². The summed E-state index contributed by atoms with van der Waals surface area (Å²) in [5.41, 5.74) is 5.41. The highest BCUT2D eigenvalue weighted by molar-refractivity contribution is 5.92. The molecule has 0 fully saturated rings. The second-order valence-corrected chi connectivity index (χ2v) is 6.27. The molecular weight excluding hydrogens is 360 g/mol. The average molecular weight is 388 g/mol. The maximum absolute atomic E-state index is 12.2. The number of nitrogens with two attached hydrogens (primary N) is 1. The fraction of sp³-hybridized carbons (Fsp3) is 0.688. The van der Waals surface area contributed by atoms with E-state index in [9.17, 15) is 24.0 Å². The molecule has 0 aliphatic heterocycles. The van der Waals surface area contributed by atoms with Gasteiger partial charge in [0.2, 0.25) is 17.7 Å². The lowest BCUT2D eigenvalue weighted by Gasteiger charge is -2.21. The molecule has 4 atom stereocenters. The lowest BCUT2D eigenvalue weighted by Crippen LogP contribution is -2.53. The number of amides is 3. The molecule has 0 saturated heterocycles. The van der Waals surface area contributed by atoms with Crippen molar-refractivity contribution in [2.75, 3.05) is 6.54 Å². The van der Waals surface area contributed by atoms with Crippen molar-refractivity contribution in [2.24, 2.45) is 11.7 Å². The molecule has 0 radical (unpaired) electrons. The van der Waals surface area contributed by atoms with E-state index in [0.29, 0.717) is 6.42 Å². The molecule has 27 heavy (non-hydrogen) atoms. The Morgan fingerprint density at radius 2 is 1.59 bits per heavy atom. The van der Waals surface area contributed by atoms with Gasteiger partial charge in [0, 0.05) is 6.42 Å². The lowest BCUT2D eigenvalue weighted by molar-refractivity contribution is -0.143. The van der Waals surface area contributed by atoms with Crippen LogP contribution >= 0.6 is 0 Å². The number of nitrogens with one attached hydrogen (secondary N) is 3. The monoisotopic (exact) mass is 388 g/mol. The van der Waals surface area contributed by atoms with Gasteiger partial charge in [-0.05, 0) is 19.3 Å². The Kier molecular flexibility index (Phi) is 10.7. The van der Waals surface area contributed by atoms with Crippen molar-refractivity contribution in [3.63, 3.8) is 0 Å². The van der Waals surface area contributed by atoms with E-state index in [-0.39, 0.29) is 18.8 Å². The first kappa shape index (κ1) is 24.3. The summed E-state index contributed by atoms with van der Waals surface area (Å²) in [6.07, 6.45) is -0.0331. The molecule has 11 nitrogen and oxygen atoms in total. The number of carbonyl (C=O) groups is 5. The third kappa shape index (κ3) is 9.54. The van der Waals surface area contributed by atoms with Crippen LogP contribution in [-0.4, -0.2) is 64.5 Å². The highest BCUT2D eigenvalue weighted by atomic mass is 16.4. The van der Waals surface area contributed by atoms with Gasteiger partial charge < -0.3 is 31.9 Å². The first-order chi connectivity index (χ1) is 12.5. The summed E-state index contributed by atoms with van der Waals surface area (Å²) < 4.78 is 0. The Morgan fingerprint density at radius 1 is 1.00 bits per heavy atom. The highest BCUT2D eigenvalue weighted by Gasteiger charge is 2.27. The standard InChI is InChI=1S/C16H28N4O7/c1-4-8(2)13(16(26)27)20-11(21)7-18-15(25)10(5-6-12(22)23)19-14(24)9(3)17/h8-10,13H,4-7,17H2,1-3H3,(H,18,25)(H,19,24)(H,20,21)(H,22,23)(H,26,27). The maximum Gasteiger partial charge on any atom is 0.326 e. The van der Waals surface area contributed by atoms with Gasteiger partial charge >= 0.3 is 11.9 Å². The summed E-state index contributed by atoms with van der Waals surface area (Å²) in [5, 5.41) is 24.8. The molecule has 0 saturated carbocycles. The van der Waals surface area contributed by atoms with Gasteiger partial charge in [-0.25, -0.2) is 4.79 Å². The zero-order valence-corrected chi connectivity index (χ0v) is 15.7. The summed E-state index contributed by atoms with van der Waals surface area (Å²) in [5.74, 6) is -4.78. The smallest absolute Gasteiger partial charge is 0.326 e. The normalized spacial score (nSPS) is 15.0. The molecule has 0 aromatic carbocycles. The van der Waals surface area contributed by atoms with E-state index in [1.165, 1.54) is 6.92 Å². The van der Waals surface area contributed by atoms with Gasteiger partial charge in [0.1, 0.15) is 12.1 Å². The van der Waals surface area contributed by atoms with Gasteiger partial charge in [0.05, 0.1) is 12.6 Å². The molecule has 0 heterocycles. The number of hydrogen-bond donors (Lipinski definition) is 6. The van der Waals surface area contributed by atoms with Crippen molar-refractivity contribution >= 4 is 29.7 Å². The molecule has 0 aromatic heterocycles. The predicted octanol–water partition coefficient (Wildman–Crippen LogP) is -1.59. The first-order valence-corrected chi connectivity index (χ1v) is 8.57. The molecule has 0 bridgehead atoms. The summed E-state index contributed by atoms with van der Waals surface area (Å²) >= 11 is 0. The second-order valence-electron chi connectivity index (χ2n) is 6.27. The average Bonchev–Trinajstić information content (AvgIpc) is 2.59. The third-order valence-electron chi connectivity index (χ3n) is 3.91. The predicted molar refractivity (Wildman–Crippen MR) is 94.5 cm³/mol. The maximum atomic E-state index is 12.2. The van der Waals surface area contributed by atoms with E-state index in [1.54, 1.807) is 13.8 Å². The lowest BCUT2D eigenvalue weighted by atomic mass is 9.99. The van der Waals surface area contributed by atoms with E-state index in [2.05, 4.69) is 16.0 Å². The Hall–Kier alpha value is -2.69. The van der Waals surface area contributed by atoms with Crippen molar-refractivity contribution < 1.29 is 34.2 Å². The van der Waals surface area contributed by atoms with Crippen molar-refractivity contribution in [1.82, 2.24) is 16.0 Å². The van der Waals surface area contributed by atoms with E-state index >= 15 is 0 Å².